The van der Waals surface area contributed by atoms with E-state index in [-0.39, 0.29) is 23.7 Å². The van der Waals surface area contributed by atoms with Crippen LogP contribution in [0.15, 0.2) is 23.0 Å². The van der Waals surface area contributed by atoms with Crippen molar-refractivity contribution in [1.29, 1.82) is 0 Å². The van der Waals surface area contributed by atoms with Crippen LogP contribution in [0.25, 0.3) is 11.0 Å². The van der Waals surface area contributed by atoms with Gasteiger partial charge >= 0.3 is 11.7 Å². The molecule has 0 saturated carbocycles. The minimum atomic E-state index is -1.06. The second-order valence-electron chi connectivity index (χ2n) is 5.52. The molecule has 1 aromatic carbocycles. The Kier molecular flexibility index (Phi) is 3.59. The van der Waals surface area contributed by atoms with Crippen molar-refractivity contribution in [3.05, 3.63) is 34.2 Å². The van der Waals surface area contributed by atoms with E-state index in [1.165, 1.54) is 16.7 Å². The Morgan fingerprint density at radius 1 is 1.38 bits per heavy atom. The Hall–Kier alpha value is -2.57. The maximum absolute atomic E-state index is 12.0. The fourth-order valence-corrected chi connectivity index (χ4v) is 2.26. The van der Waals surface area contributed by atoms with Crippen molar-refractivity contribution in [2.75, 3.05) is 7.05 Å². The Morgan fingerprint density at radius 2 is 2.05 bits per heavy atom. The summed E-state index contributed by atoms with van der Waals surface area (Å²) in [4.78, 5) is 37.4. The van der Waals surface area contributed by atoms with Gasteiger partial charge < -0.3 is 15.4 Å². The van der Waals surface area contributed by atoms with Gasteiger partial charge in [0, 0.05) is 13.6 Å². The molecule has 7 nitrogen and oxygen atoms in total. The minimum Gasteiger partial charge on any atom is -0.478 e. The number of carbonyl (C=O) groups excluding carboxylic acids is 1. The number of carboxylic acid groups (broad SMARTS) is 1. The molecule has 1 heterocycles. The third-order valence-electron chi connectivity index (χ3n) is 3.42. The van der Waals surface area contributed by atoms with Crippen LogP contribution in [-0.4, -0.2) is 33.6 Å². The Bertz CT molecular complexity index is 770. The molecule has 1 aromatic heterocycles. The van der Waals surface area contributed by atoms with Gasteiger partial charge in [-0.2, -0.15) is 0 Å². The average Bonchev–Trinajstić information content (AvgIpc) is 2.72. The number of carboxylic acids is 1. The number of amides is 1. The van der Waals surface area contributed by atoms with Crippen molar-refractivity contribution in [2.45, 2.75) is 20.4 Å². The zero-order chi connectivity index (χ0) is 15.8. The number of fused-ring (bicyclic) bond motifs is 1. The summed E-state index contributed by atoms with van der Waals surface area (Å²) in [6.07, 6.45) is 0. The number of H-pyrrole nitrogens is 1. The van der Waals surface area contributed by atoms with Gasteiger partial charge in [0.1, 0.15) is 0 Å². The molecular formula is C14H17N3O4. The normalized spacial score (nSPS) is 11.6. The summed E-state index contributed by atoms with van der Waals surface area (Å²) in [5.41, 5.74) is -0.0281. The molecule has 0 radical (unpaired) electrons. The van der Waals surface area contributed by atoms with Gasteiger partial charge in [-0.05, 0) is 32.0 Å². The number of hydrogen-bond acceptors (Lipinski definition) is 3. The standard InChI is InChI=1S/C14H17N3O4/c1-14(2,12(20)15-3)7-17-10-5-4-8(11(18)19)6-9(10)16-13(17)21/h4-6H,7H2,1-3H3,(H,15,20)(H,16,21)(H,18,19). The third kappa shape index (κ3) is 2.67. The van der Waals surface area contributed by atoms with Gasteiger partial charge in [0.05, 0.1) is 22.0 Å². The smallest absolute Gasteiger partial charge is 0.335 e. The second-order valence-corrected chi connectivity index (χ2v) is 5.52. The highest BCUT2D eigenvalue weighted by atomic mass is 16.4. The number of rotatable bonds is 4. The highest BCUT2D eigenvalue weighted by Crippen LogP contribution is 2.21. The monoisotopic (exact) mass is 291 g/mol. The molecule has 0 saturated heterocycles. The summed E-state index contributed by atoms with van der Waals surface area (Å²) >= 11 is 0. The largest absolute Gasteiger partial charge is 0.478 e. The van der Waals surface area contributed by atoms with E-state index in [0.717, 1.165) is 0 Å². The Morgan fingerprint density at radius 3 is 2.62 bits per heavy atom. The summed E-state index contributed by atoms with van der Waals surface area (Å²) in [5.74, 6) is -1.23. The van der Waals surface area contributed by atoms with E-state index in [4.69, 9.17) is 5.11 Å². The number of aromatic carboxylic acids is 1. The molecule has 0 unspecified atom stereocenters. The topological polar surface area (TPSA) is 104 Å². The lowest BCUT2D eigenvalue weighted by Crippen LogP contribution is -2.39. The molecule has 0 aliphatic heterocycles. The van der Waals surface area contributed by atoms with Crippen molar-refractivity contribution < 1.29 is 14.7 Å². The van der Waals surface area contributed by atoms with Gasteiger partial charge in [-0.25, -0.2) is 9.59 Å². The molecule has 0 atom stereocenters. The van der Waals surface area contributed by atoms with Crippen LogP contribution < -0.4 is 11.0 Å². The van der Waals surface area contributed by atoms with Crippen molar-refractivity contribution >= 4 is 22.9 Å². The van der Waals surface area contributed by atoms with Gasteiger partial charge in [0.15, 0.2) is 0 Å². The fraction of sp³-hybridized carbons (Fsp3) is 0.357. The van der Waals surface area contributed by atoms with Crippen LogP contribution in [0, 0.1) is 5.41 Å². The van der Waals surface area contributed by atoms with Crippen molar-refractivity contribution in [3.63, 3.8) is 0 Å². The quantitative estimate of drug-likeness (QED) is 0.775. The number of nitrogens with zero attached hydrogens (tertiary/aromatic N) is 1. The first-order valence-electron chi connectivity index (χ1n) is 6.44. The molecule has 0 fully saturated rings. The number of aromatic nitrogens is 2. The molecule has 0 bridgehead atoms. The third-order valence-corrected chi connectivity index (χ3v) is 3.42. The molecule has 1 amide bonds. The second kappa shape index (κ2) is 5.08. The molecule has 0 aliphatic rings. The highest BCUT2D eigenvalue weighted by molar-refractivity contribution is 5.92. The first-order chi connectivity index (χ1) is 9.76. The van der Waals surface area contributed by atoms with Crippen LogP contribution in [0.5, 0.6) is 0 Å². The molecule has 7 heteroatoms. The summed E-state index contributed by atoms with van der Waals surface area (Å²) in [5, 5.41) is 11.5. The van der Waals surface area contributed by atoms with Crippen LogP contribution in [0.3, 0.4) is 0 Å². The average molecular weight is 291 g/mol. The number of nitrogens with one attached hydrogen (secondary N) is 2. The van der Waals surface area contributed by atoms with Crippen LogP contribution in [0.2, 0.25) is 0 Å². The minimum absolute atomic E-state index is 0.0986. The highest BCUT2D eigenvalue weighted by Gasteiger charge is 2.28. The number of imidazole rings is 1. The van der Waals surface area contributed by atoms with Crippen LogP contribution >= 0.6 is 0 Å². The van der Waals surface area contributed by atoms with Crippen molar-refractivity contribution in [3.8, 4) is 0 Å². The van der Waals surface area contributed by atoms with E-state index in [0.29, 0.717) is 11.0 Å². The Balaban J connectivity index is 2.50. The lowest BCUT2D eigenvalue weighted by molar-refractivity contribution is -0.129. The fourth-order valence-electron chi connectivity index (χ4n) is 2.26. The van der Waals surface area contributed by atoms with E-state index >= 15 is 0 Å². The van der Waals surface area contributed by atoms with Gasteiger partial charge in [-0.1, -0.05) is 0 Å². The SMILES string of the molecule is CNC(=O)C(C)(C)Cn1c(=O)[nH]c2cc(C(=O)O)ccc21. The maximum atomic E-state index is 12.0. The first kappa shape index (κ1) is 14.8. The van der Waals surface area contributed by atoms with E-state index in [2.05, 4.69) is 10.3 Å². The zero-order valence-corrected chi connectivity index (χ0v) is 12.1. The van der Waals surface area contributed by atoms with E-state index in [1.807, 2.05) is 0 Å². The molecule has 0 aliphatic carbocycles. The number of carbonyl (C=O) groups is 2. The van der Waals surface area contributed by atoms with Gasteiger partial charge in [-0.15, -0.1) is 0 Å². The predicted molar refractivity (Wildman–Crippen MR) is 77.4 cm³/mol. The number of aromatic amines is 1. The predicted octanol–water partition coefficient (Wildman–Crippen LogP) is 0.800. The molecule has 3 N–H and O–H groups in total. The molecule has 112 valence electrons. The maximum Gasteiger partial charge on any atom is 0.335 e. The van der Waals surface area contributed by atoms with Crippen LogP contribution in [0.4, 0.5) is 0 Å². The number of benzene rings is 1. The van der Waals surface area contributed by atoms with E-state index in [1.54, 1.807) is 27.0 Å². The van der Waals surface area contributed by atoms with Crippen LogP contribution in [0.1, 0.15) is 24.2 Å². The van der Waals surface area contributed by atoms with Gasteiger partial charge in [0.2, 0.25) is 5.91 Å². The molecular weight excluding hydrogens is 274 g/mol. The summed E-state index contributed by atoms with van der Waals surface area (Å²) < 4.78 is 1.44. The lowest BCUT2D eigenvalue weighted by Gasteiger charge is -2.22. The van der Waals surface area contributed by atoms with Gasteiger partial charge in [0.25, 0.3) is 0 Å². The lowest BCUT2D eigenvalue weighted by atomic mass is 9.92. The van der Waals surface area contributed by atoms with E-state index in [9.17, 15) is 14.4 Å². The zero-order valence-electron chi connectivity index (χ0n) is 12.1. The van der Waals surface area contributed by atoms with Gasteiger partial charge in [-0.3, -0.25) is 9.36 Å². The molecule has 21 heavy (non-hydrogen) atoms. The molecule has 2 rings (SSSR count). The van der Waals surface area contributed by atoms with Crippen LogP contribution in [-0.2, 0) is 11.3 Å². The molecule has 2 aromatic rings. The Labute approximate surface area is 120 Å². The van der Waals surface area contributed by atoms with E-state index < -0.39 is 11.4 Å². The van der Waals surface area contributed by atoms with Crippen molar-refractivity contribution in [1.82, 2.24) is 14.9 Å². The summed E-state index contributed by atoms with van der Waals surface area (Å²) in [6, 6.07) is 4.40. The molecule has 0 spiro atoms. The summed E-state index contributed by atoms with van der Waals surface area (Å²) in [7, 11) is 1.54. The number of hydrogen-bond donors (Lipinski definition) is 3. The first-order valence-corrected chi connectivity index (χ1v) is 6.44. The summed E-state index contributed by atoms with van der Waals surface area (Å²) in [6.45, 7) is 3.67. The van der Waals surface area contributed by atoms with Crippen molar-refractivity contribution in [2.24, 2.45) is 5.41 Å².